The maximum absolute atomic E-state index is 14.0. The molecule has 0 spiro atoms. The van der Waals surface area contributed by atoms with Gasteiger partial charge in [0.2, 0.25) is 0 Å². The fourth-order valence-electron chi connectivity index (χ4n) is 2.97. The highest BCUT2D eigenvalue weighted by atomic mass is 79.9. The molecule has 2 heterocycles. The molecule has 126 valence electrons. The van der Waals surface area contributed by atoms with E-state index in [9.17, 15) is 9.18 Å². The van der Waals surface area contributed by atoms with E-state index in [1.165, 1.54) is 6.07 Å². The lowest BCUT2D eigenvalue weighted by molar-refractivity contribution is 0.0645. The van der Waals surface area contributed by atoms with Crippen LogP contribution < -0.4 is 10.1 Å². The van der Waals surface area contributed by atoms with Gasteiger partial charge in [-0.25, -0.2) is 9.18 Å². The van der Waals surface area contributed by atoms with E-state index in [1.54, 1.807) is 24.4 Å². The van der Waals surface area contributed by atoms with Crippen molar-refractivity contribution in [3.8, 4) is 5.75 Å². The standard InChI is InChI=1S/C16H13BrClFN2O3/c1-8-12-10(6-9(19)14(18)13(12)17)24-16(8,7-21-15(22)23)11-4-2-3-5-20-11/h2-6,8,21H,7H2,1H3,(H,22,23)/t8-,16-/m0/s1. The predicted molar refractivity (Wildman–Crippen MR) is 90.1 cm³/mol. The molecule has 1 amide bonds. The molecule has 0 bridgehead atoms. The second-order valence-corrected chi connectivity index (χ2v) is 6.66. The number of ether oxygens (including phenoxy) is 1. The minimum absolute atomic E-state index is 0.0350. The molecule has 1 aromatic heterocycles. The Balaban J connectivity index is 2.14. The maximum Gasteiger partial charge on any atom is 0.404 e. The summed E-state index contributed by atoms with van der Waals surface area (Å²) in [7, 11) is 0. The van der Waals surface area contributed by atoms with Crippen molar-refractivity contribution in [1.82, 2.24) is 10.3 Å². The summed E-state index contributed by atoms with van der Waals surface area (Å²) >= 11 is 9.31. The van der Waals surface area contributed by atoms with Crippen LogP contribution in [-0.4, -0.2) is 22.7 Å². The number of aromatic nitrogens is 1. The van der Waals surface area contributed by atoms with Crippen LogP contribution in [0.1, 0.15) is 24.1 Å². The highest BCUT2D eigenvalue weighted by Crippen LogP contribution is 2.53. The van der Waals surface area contributed by atoms with Gasteiger partial charge in [-0.05, 0) is 28.1 Å². The van der Waals surface area contributed by atoms with Crippen LogP contribution in [-0.2, 0) is 5.60 Å². The number of pyridine rings is 1. The fraction of sp³-hybridized carbons (Fsp3) is 0.250. The molecule has 8 heteroatoms. The molecule has 1 aromatic carbocycles. The first-order chi connectivity index (χ1) is 11.4. The van der Waals surface area contributed by atoms with Crippen molar-refractivity contribution in [2.24, 2.45) is 0 Å². The van der Waals surface area contributed by atoms with Crippen LogP contribution >= 0.6 is 27.5 Å². The molecule has 3 rings (SSSR count). The molecule has 2 atom stereocenters. The highest BCUT2D eigenvalue weighted by molar-refractivity contribution is 9.10. The average Bonchev–Trinajstić information content (AvgIpc) is 2.85. The third-order valence-electron chi connectivity index (χ3n) is 4.19. The van der Waals surface area contributed by atoms with Crippen LogP contribution in [0.5, 0.6) is 5.75 Å². The minimum atomic E-state index is -1.18. The van der Waals surface area contributed by atoms with Crippen LogP contribution in [0.4, 0.5) is 9.18 Å². The van der Waals surface area contributed by atoms with E-state index in [2.05, 4.69) is 26.2 Å². The Morgan fingerprint density at radius 1 is 1.58 bits per heavy atom. The van der Waals surface area contributed by atoms with Crippen molar-refractivity contribution >= 4 is 33.6 Å². The van der Waals surface area contributed by atoms with Crippen LogP contribution in [0.15, 0.2) is 34.9 Å². The van der Waals surface area contributed by atoms with E-state index in [-0.39, 0.29) is 17.5 Å². The Hall–Kier alpha value is -1.86. The third kappa shape index (κ3) is 2.61. The SMILES string of the molecule is C[C@H]1c2c(cc(F)c(Cl)c2Br)O[C@]1(CNC(=O)O)c1ccccn1. The number of hydrogen-bond donors (Lipinski definition) is 2. The zero-order valence-corrected chi connectivity index (χ0v) is 14.9. The Bertz CT molecular complexity index is 806. The molecule has 1 aliphatic rings. The van der Waals surface area contributed by atoms with Gasteiger partial charge in [0.05, 0.1) is 17.3 Å². The van der Waals surface area contributed by atoms with Crippen molar-refractivity contribution in [1.29, 1.82) is 0 Å². The number of halogens is 3. The van der Waals surface area contributed by atoms with Gasteiger partial charge in [-0.1, -0.05) is 24.6 Å². The number of hydrogen-bond acceptors (Lipinski definition) is 3. The number of carbonyl (C=O) groups is 1. The molecule has 0 radical (unpaired) electrons. The zero-order valence-electron chi connectivity index (χ0n) is 12.5. The van der Waals surface area contributed by atoms with Gasteiger partial charge in [0.25, 0.3) is 0 Å². The summed E-state index contributed by atoms with van der Waals surface area (Å²) in [6.45, 7) is 1.82. The normalized spacial score (nSPS) is 21.9. The van der Waals surface area contributed by atoms with Gasteiger partial charge in [-0.3, -0.25) is 4.98 Å². The van der Waals surface area contributed by atoms with Gasteiger partial charge >= 0.3 is 6.09 Å². The molecule has 5 nitrogen and oxygen atoms in total. The van der Waals surface area contributed by atoms with Gasteiger partial charge in [-0.2, -0.15) is 0 Å². The van der Waals surface area contributed by atoms with Crippen LogP contribution in [0, 0.1) is 5.82 Å². The zero-order chi connectivity index (χ0) is 17.5. The number of benzene rings is 1. The number of carboxylic acid groups (broad SMARTS) is 1. The lowest BCUT2D eigenvalue weighted by Crippen LogP contribution is -2.46. The summed E-state index contributed by atoms with van der Waals surface area (Å²) < 4.78 is 20.4. The molecule has 0 unspecified atom stereocenters. The molecule has 0 fully saturated rings. The third-order valence-corrected chi connectivity index (χ3v) is 5.61. The molecular weight excluding hydrogens is 403 g/mol. The lowest BCUT2D eigenvalue weighted by Gasteiger charge is -2.32. The summed E-state index contributed by atoms with van der Waals surface area (Å²) in [5, 5.41) is 11.3. The van der Waals surface area contributed by atoms with Crippen LogP contribution in [0.25, 0.3) is 0 Å². The first kappa shape index (κ1) is 17.0. The molecule has 0 saturated heterocycles. The molecule has 0 saturated carbocycles. The Labute approximate surface area is 150 Å². The first-order valence-electron chi connectivity index (χ1n) is 7.11. The van der Waals surface area contributed by atoms with E-state index in [0.717, 1.165) is 0 Å². The summed E-state index contributed by atoms with van der Waals surface area (Å²) in [5.41, 5.74) is 0.131. The van der Waals surface area contributed by atoms with E-state index in [1.807, 2.05) is 6.92 Å². The van der Waals surface area contributed by atoms with Crippen LogP contribution in [0.2, 0.25) is 5.02 Å². The summed E-state index contributed by atoms with van der Waals surface area (Å²) in [6.07, 6.45) is 0.417. The van der Waals surface area contributed by atoms with Crippen molar-refractivity contribution in [3.63, 3.8) is 0 Å². The van der Waals surface area contributed by atoms with Crippen LogP contribution in [0.3, 0.4) is 0 Å². The lowest BCUT2D eigenvalue weighted by atomic mass is 9.82. The van der Waals surface area contributed by atoms with E-state index in [0.29, 0.717) is 21.5 Å². The fourth-order valence-corrected chi connectivity index (χ4v) is 3.85. The number of fused-ring (bicyclic) bond motifs is 1. The monoisotopic (exact) mass is 414 g/mol. The van der Waals surface area contributed by atoms with E-state index >= 15 is 0 Å². The predicted octanol–water partition coefficient (Wildman–Crippen LogP) is 4.30. The van der Waals surface area contributed by atoms with Crippen molar-refractivity contribution in [2.75, 3.05) is 6.54 Å². The second-order valence-electron chi connectivity index (χ2n) is 5.49. The average molecular weight is 416 g/mol. The van der Waals surface area contributed by atoms with Crippen molar-refractivity contribution < 1.29 is 19.0 Å². The molecule has 2 aromatic rings. The first-order valence-corrected chi connectivity index (χ1v) is 8.28. The molecule has 0 aliphatic carbocycles. The molecule has 1 aliphatic heterocycles. The number of amides is 1. The van der Waals surface area contributed by atoms with Gasteiger partial charge in [0.1, 0.15) is 11.6 Å². The molecule has 24 heavy (non-hydrogen) atoms. The number of nitrogens with one attached hydrogen (secondary N) is 1. The van der Waals surface area contributed by atoms with Gasteiger partial charge in [0.15, 0.2) is 5.60 Å². The van der Waals surface area contributed by atoms with Gasteiger partial charge < -0.3 is 15.2 Å². The number of rotatable bonds is 3. The minimum Gasteiger partial charge on any atom is -0.478 e. The summed E-state index contributed by atoms with van der Waals surface area (Å²) in [5.74, 6) is -0.617. The largest absolute Gasteiger partial charge is 0.478 e. The van der Waals surface area contributed by atoms with E-state index in [4.69, 9.17) is 21.4 Å². The summed E-state index contributed by atoms with van der Waals surface area (Å²) in [4.78, 5) is 15.3. The van der Waals surface area contributed by atoms with E-state index < -0.39 is 17.5 Å². The van der Waals surface area contributed by atoms with Gasteiger partial charge in [0, 0.05) is 28.2 Å². The Morgan fingerprint density at radius 3 is 2.96 bits per heavy atom. The Kier molecular flexibility index (Phi) is 4.40. The number of nitrogens with zero attached hydrogens (tertiary/aromatic N) is 1. The molecule has 2 N–H and O–H groups in total. The highest BCUT2D eigenvalue weighted by Gasteiger charge is 2.50. The second kappa shape index (κ2) is 6.22. The van der Waals surface area contributed by atoms with Gasteiger partial charge in [-0.15, -0.1) is 0 Å². The topological polar surface area (TPSA) is 71.5 Å². The quantitative estimate of drug-likeness (QED) is 0.734. The van der Waals surface area contributed by atoms with Crippen molar-refractivity contribution in [3.05, 3.63) is 57.0 Å². The molecular formula is C16H13BrClFN2O3. The smallest absolute Gasteiger partial charge is 0.404 e. The maximum atomic E-state index is 14.0. The summed E-state index contributed by atoms with van der Waals surface area (Å²) in [6, 6.07) is 6.50. The van der Waals surface area contributed by atoms with Crippen molar-refractivity contribution in [2.45, 2.75) is 18.4 Å². The Morgan fingerprint density at radius 2 is 2.33 bits per heavy atom.